The van der Waals surface area contributed by atoms with Gasteiger partial charge in [0.1, 0.15) is 29.2 Å². The third kappa shape index (κ3) is 2.35. The molecule has 1 aliphatic carbocycles. The van der Waals surface area contributed by atoms with E-state index >= 15 is 0 Å². The summed E-state index contributed by atoms with van der Waals surface area (Å²) in [6, 6.07) is 17.8. The molecule has 0 spiro atoms. The molecule has 2 aromatic rings. The summed E-state index contributed by atoms with van der Waals surface area (Å²) in [7, 11) is 0. The number of nitriles is 2. The van der Waals surface area contributed by atoms with Gasteiger partial charge in [-0.2, -0.15) is 10.5 Å². The van der Waals surface area contributed by atoms with Crippen molar-refractivity contribution < 1.29 is 4.42 Å². The van der Waals surface area contributed by atoms with Crippen LogP contribution in [0.25, 0.3) is 6.08 Å². The maximum absolute atomic E-state index is 8.72. The molecule has 3 rings (SSSR count). The van der Waals surface area contributed by atoms with Crippen LogP contribution >= 0.6 is 0 Å². The van der Waals surface area contributed by atoms with Gasteiger partial charge in [0.25, 0.3) is 0 Å². The molecular formula is C17H12N2O. The Morgan fingerprint density at radius 3 is 2.50 bits per heavy atom. The first-order chi connectivity index (χ1) is 9.81. The molecule has 0 saturated heterocycles. The molecule has 20 heavy (non-hydrogen) atoms. The average molecular weight is 260 g/mol. The topological polar surface area (TPSA) is 60.7 Å². The molecule has 0 amide bonds. The number of benzene rings is 1. The molecule has 1 fully saturated rings. The number of rotatable bonds is 3. The second-order valence-electron chi connectivity index (χ2n) is 4.88. The van der Waals surface area contributed by atoms with Crippen LogP contribution in [-0.2, 0) is 0 Å². The summed E-state index contributed by atoms with van der Waals surface area (Å²) in [5, 5.41) is 17.4. The van der Waals surface area contributed by atoms with Crippen molar-refractivity contribution in [1.29, 1.82) is 10.5 Å². The molecule has 96 valence electrons. The second kappa shape index (κ2) is 5.07. The van der Waals surface area contributed by atoms with E-state index < -0.39 is 0 Å². The first kappa shape index (κ1) is 12.3. The molecule has 0 N–H and O–H groups in total. The highest BCUT2D eigenvalue weighted by molar-refractivity contribution is 5.59. The molecule has 1 heterocycles. The number of allylic oxidation sites excluding steroid dienone is 1. The predicted octanol–water partition coefficient (Wildman–Crippen LogP) is 3.98. The van der Waals surface area contributed by atoms with Crippen LogP contribution in [0.4, 0.5) is 0 Å². The Balaban J connectivity index is 1.76. The summed E-state index contributed by atoms with van der Waals surface area (Å²) in [6.45, 7) is 0. The van der Waals surface area contributed by atoms with Gasteiger partial charge in [-0.25, -0.2) is 0 Å². The Kier molecular flexibility index (Phi) is 3.11. The minimum Gasteiger partial charge on any atom is -0.461 e. The lowest BCUT2D eigenvalue weighted by atomic mass is 10.1. The lowest BCUT2D eigenvalue weighted by Crippen LogP contribution is -1.81. The van der Waals surface area contributed by atoms with E-state index in [9.17, 15) is 0 Å². The summed E-state index contributed by atoms with van der Waals surface area (Å²) in [5.41, 5.74) is 1.39. The van der Waals surface area contributed by atoms with E-state index in [-0.39, 0.29) is 5.57 Å². The van der Waals surface area contributed by atoms with E-state index in [4.69, 9.17) is 14.9 Å². The van der Waals surface area contributed by atoms with Gasteiger partial charge < -0.3 is 4.42 Å². The Hall–Kier alpha value is -2.78. The van der Waals surface area contributed by atoms with Crippen molar-refractivity contribution in [2.24, 2.45) is 0 Å². The van der Waals surface area contributed by atoms with Gasteiger partial charge in [0.15, 0.2) is 0 Å². The van der Waals surface area contributed by atoms with Crippen molar-refractivity contribution in [2.45, 2.75) is 18.3 Å². The quantitative estimate of drug-likeness (QED) is 0.784. The Morgan fingerprint density at radius 2 is 1.80 bits per heavy atom. The maximum atomic E-state index is 8.72. The van der Waals surface area contributed by atoms with E-state index in [0.717, 1.165) is 12.2 Å². The van der Waals surface area contributed by atoms with Gasteiger partial charge in [0.05, 0.1) is 0 Å². The summed E-state index contributed by atoms with van der Waals surface area (Å²) in [5.74, 6) is 2.43. The van der Waals surface area contributed by atoms with Crippen LogP contribution in [0, 0.1) is 22.7 Å². The van der Waals surface area contributed by atoms with Crippen LogP contribution in [0.3, 0.4) is 0 Å². The van der Waals surface area contributed by atoms with Crippen molar-refractivity contribution in [3.63, 3.8) is 0 Å². The Bertz CT molecular complexity index is 712. The fourth-order valence-corrected chi connectivity index (χ4v) is 2.46. The van der Waals surface area contributed by atoms with Crippen molar-refractivity contribution in [3.05, 3.63) is 65.1 Å². The Morgan fingerprint density at radius 1 is 1.05 bits per heavy atom. The number of nitrogens with zero attached hydrogens (tertiary/aromatic N) is 2. The van der Waals surface area contributed by atoms with Crippen molar-refractivity contribution in [1.82, 2.24) is 0 Å². The number of furan rings is 1. The van der Waals surface area contributed by atoms with Crippen molar-refractivity contribution in [2.75, 3.05) is 0 Å². The van der Waals surface area contributed by atoms with Gasteiger partial charge in [0.2, 0.25) is 0 Å². The van der Waals surface area contributed by atoms with E-state index in [1.165, 1.54) is 11.6 Å². The van der Waals surface area contributed by atoms with Gasteiger partial charge in [-0.15, -0.1) is 0 Å². The highest BCUT2D eigenvalue weighted by atomic mass is 16.3. The molecule has 0 radical (unpaired) electrons. The monoisotopic (exact) mass is 260 g/mol. The normalized spacial score (nSPS) is 19.7. The zero-order chi connectivity index (χ0) is 13.9. The zero-order valence-corrected chi connectivity index (χ0v) is 10.8. The highest BCUT2D eigenvalue weighted by Gasteiger charge is 2.41. The van der Waals surface area contributed by atoms with Gasteiger partial charge >= 0.3 is 0 Å². The third-order valence-corrected chi connectivity index (χ3v) is 3.56. The first-order valence-corrected chi connectivity index (χ1v) is 6.48. The van der Waals surface area contributed by atoms with Crippen LogP contribution in [0.1, 0.15) is 35.3 Å². The summed E-state index contributed by atoms with van der Waals surface area (Å²) < 4.78 is 5.71. The van der Waals surface area contributed by atoms with Crippen molar-refractivity contribution >= 4 is 6.08 Å². The molecule has 1 aliphatic rings. The van der Waals surface area contributed by atoms with E-state index in [2.05, 4.69) is 12.1 Å². The molecule has 0 aliphatic heterocycles. The van der Waals surface area contributed by atoms with Crippen LogP contribution in [0.5, 0.6) is 0 Å². The molecule has 1 aromatic heterocycles. The van der Waals surface area contributed by atoms with Crippen LogP contribution < -0.4 is 0 Å². The molecule has 0 unspecified atom stereocenters. The SMILES string of the molecule is N#CC(C#N)=Cc1ccc([C@H]2C[C@@H]2c2ccccc2)o1. The molecule has 0 bridgehead atoms. The zero-order valence-electron chi connectivity index (χ0n) is 10.8. The van der Waals surface area contributed by atoms with Gasteiger partial charge in [0, 0.05) is 12.0 Å². The molecule has 2 atom stereocenters. The van der Waals surface area contributed by atoms with Gasteiger partial charge in [-0.3, -0.25) is 0 Å². The standard InChI is InChI=1S/C17H12N2O/c18-10-12(11-19)8-14-6-7-17(20-14)16-9-15(16)13-4-2-1-3-5-13/h1-8,15-16H,9H2/t15-,16+/m1/s1. The van der Waals surface area contributed by atoms with Crippen LogP contribution in [0.15, 0.2) is 52.5 Å². The second-order valence-corrected chi connectivity index (χ2v) is 4.88. The van der Waals surface area contributed by atoms with E-state index in [1.54, 1.807) is 0 Å². The molecule has 1 aromatic carbocycles. The smallest absolute Gasteiger partial charge is 0.133 e. The van der Waals surface area contributed by atoms with E-state index in [1.807, 2.05) is 42.5 Å². The summed E-state index contributed by atoms with van der Waals surface area (Å²) in [6.07, 6.45) is 2.56. The molecular weight excluding hydrogens is 248 g/mol. The summed E-state index contributed by atoms with van der Waals surface area (Å²) >= 11 is 0. The maximum Gasteiger partial charge on any atom is 0.133 e. The minimum absolute atomic E-state index is 0.0568. The molecule has 3 nitrogen and oxygen atoms in total. The van der Waals surface area contributed by atoms with Crippen LogP contribution in [-0.4, -0.2) is 0 Å². The largest absolute Gasteiger partial charge is 0.461 e. The Labute approximate surface area is 117 Å². The molecule has 1 saturated carbocycles. The van der Waals surface area contributed by atoms with Crippen LogP contribution in [0.2, 0.25) is 0 Å². The fraction of sp³-hybridized carbons (Fsp3) is 0.176. The lowest BCUT2D eigenvalue weighted by Gasteiger charge is -1.97. The lowest BCUT2D eigenvalue weighted by molar-refractivity contribution is 0.501. The fourth-order valence-electron chi connectivity index (χ4n) is 2.46. The highest BCUT2D eigenvalue weighted by Crippen LogP contribution is 2.54. The summed E-state index contributed by atoms with van der Waals surface area (Å²) in [4.78, 5) is 0. The molecule has 3 heteroatoms. The number of hydrogen-bond donors (Lipinski definition) is 0. The predicted molar refractivity (Wildman–Crippen MR) is 74.5 cm³/mol. The van der Waals surface area contributed by atoms with Gasteiger partial charge in [-0.1, -0.05) is 30.3 Å². The first-order valence-electron chi connectivity index (χ1n) is 6.48. The van der Waals surface area contributed by atoms with Gasteiger partial charge in [-0.05, 0) is 30.0 Å². The average Bonchev–Trinajstić information content (AvgIpc) is 3.17. The van der Waals surface area contributed by atoms with E-state index in [0.29, 0.717) is 17.6 Å². The third-order valence-electron chi connectivity index (χ3n) is 3.56. The van der Waals surface area contributed by atoms with Crippen molar-refractivity contribution in [3.8, 4) is 12.1 Å². The number of hydrogen-bond acceptors (Lipinski definition) is 3. The minimum atomic E-state index is 0.0568.